The molecule has 7 heteroatoms. The molecule has 0 aromatic heterocycles. The molecule has 6 nitrogen and oxygen atoms in total. The predicted octanol–water partition coefficient (Wildman–Crippen LogP) is 2.37. The Morgan fingerprint density at radius 3 is 2.42 bits per heavy atom. The van der Waals surface area contributed by atoms with Crippen molar-refractivity contribution >= 4 is 23.4 Å². The summed E-state index contributed by atoms with van der Waals surface area (Å²) in [6.07, 6.45) is 4.52. The zero-order valence-corrected chi connectivity index (χ0v) is 14.1. The van der Waals surface area contributed by atoms with Gasteiger partial charge in [0.05, 0.1) is 10.6 Å². The molecular weight excluding hydrogens is 332 g/mol. The van der Waals surface area contributed by atoms with E-state index in [0.717, 1.165) is 44.8 Å². The first-order valence-corrected chi connectivity index (χ1v) is 8.68. The van der Waals surface area contributed by atoms with Crippen LogP contribution in [-0.4, -0.2) is 57.5 Å². The van der Waals surface area contributed by atoms with E-state index in [1.165, 1.54) is 11.0 Å². The molecule has 1 aromatic rings. The first-order valence-electron chi connectivity index (χ1n) is 8.30. The Bertz CT molecular complexity index is 658. The lowest BCUT2D eigenvalue weighted by Crippen LogP contribution is -2.49. The van der Waals surface area contributed by atoms with Gasteiger partial charge in [0, 0.05) is 25.7 Å². The highest BCUT2D eigenvalue weighted by Crippen LogP contribution is 2.33. The molecule has 1 aromatic carbocycles. The summed E-state index contributed by atoms with van der Waals surface area (Å²) in [5.41, 5.74) is 0.0103. The number of hydrogen-bond donors (Lipinski definition) is 2. The Balaban J connectivity index is 1.81. The Hall–Kier alpha value is -1.95. The van der Waals surface area contributed by atoms with Gasteiger partial charge in [-0.3, -0.25) is 9.59 Å². The Morgan fingerprint density at radius 1 is 1.00 bits per heavy atom. The zero-order valence-electron chi connectivity index (χ0n) is 13.4. The van der Waals surface area contributed by atoms with Crippen LogP contribution in [0.15, 0.2) is 12.1 Å². The lowest BCUT2D eigenvalue weighted by atomic mass is 10.1. The minimum atomic E-state index is -0.484. The monoisotopic (exact) mass is 352 g/mol. The largest absolute Gasteiger partial charge is 0.507 e. The van der Waals surface area contributed by atoms with E-state index in [-0.39, 0.29) is 28.0 Å². The zero-order chi connectivity index (χ0) is 17.3. The maximum atomic E-state index is 12.8. The van der Waals surface area contributed by atoms with Crippen LogP contribution in [-0.2, 0) is 4.79 Å². The van der Waals surface area contributed by atoms with Crippen molar-refractivity contribution in [3.05, 3.63) is 22.7 Å². The molecule has 0 spiro atoms. The predicted molar refractivity (Wildman–Crippen MR) is 89.3 cm³/mol. The van der Waals surface area contributed by atoms with Gasteiger partial charge in [-0.25, -0.2) is 0 Å². The number of carbonyl (C=O) groups is 2. The fraction of sp³-hybridized carbons (Fsp3) is 0.529. The summed E-state index contributed by atoms with van der Waals surface area (Å²) in [6.45, 7) is 1.96. The van der Waals surface area contributed by atoms with Crippen molar-refractivity contribution in [2.45, 2.75) is 38.1 Å². The average molecular weight is 353 g/mol. The molecule has 2 fully saturated rings. The van der Waals surface area contributed by atoms with E-state index in [9.17, 15) is 19.8 Å². The van der Waals surface area contributed by atoms with Gasteiger partial charge in [0.1, 0.15) is 17.5 Å². The first kappa shape index (κ1) is 16.9. The number of nitrogens with zero attached hydrogens (tertiary/aromatic N) is 2. The van der Waals surface area contributed by atoms with Crippen LogP contribution in [0.3, 0.4) is 0 Å². The SMILES string of the molecule is O=C([C@H]1CCCN1C(=O)c1cc(Cl)c(O)cc1O)N1CCCCC1. The lowest BCUT2D eigenvalue weighted by Gasteiger charge is -2.32. The van der Waals surface area contributed by atoms with Gasteiger partial charge in [-0.1, -0.05) is 11.6 Å². The third-order valence-electron chi connectivity index (χ3n) is 4.76. The van der Waals surface area contributed by atoms with Crippen LogP contribution in [0.4, 0.5) is 0 Å². The van der Waals surface area contributed by atoms with Crippen LogP contribution < -0.4 is 0 Å². The maximum absolute atomic E-state index is 12.8. The maximum Gasteiger partial charge on any atom is 0.258 e. The number of hydrogen-bond acceptors (Lipinski definition) is 4. The molecule has 0 aliphatic carbocycles. The molecule has 3 rings (SSSR count). The van der Waals surface area contributed by atoms with E-state index in [4.69, 9.17) is 11.6 Å². The van der Waals surface area contributed by atoms with Crippen LogP contribution >= 0.6 is 11.6 Å². The Labute approximate surface area is 145 Å². The number of piperidine rings is 1. The second kappa shape index (κ2) is 6.89. The highest BCUT2D eigenvalue weighted by Gasteiger charge is 2.38. The second-order valence-corrected chi connectivity index (χ2v) is 6.77. The normalized spacial score (nSPS) is 21.1. The topological polar surface area (TPSA) is 81.1 Å². The summed E-state index contributed by atoms with van der Waals surface area (Å²) >= 11 is 5.85. The van der Waals surface area contributed by atoms with Gasteiger partial charge < -0.3 is 20.0 Å². The summed E-state index contributed by atoms with van der Waals surface area (Å²) in [5.74, 6) is -1.06. The molecule has 0 saturated carbocycles. The fourth-order valence-corrected chi connectivity index (χ4v) is 3.63. The molecule has 2 aliphatic rings. The van der Waals surface area contributed by atoms with Gasteiger partial charge in [0.2, 0.25) is 5.91 Å². The molecule has 2 aliphatic heterocycles. The number of carbonyl (C=O) groups excluding carboxylic acids is 2. The molecule has 2 amide bonds. The third kappa shape index (κ3) is 3.15. The van der Waals surface area contributed by atoms with Crippen molar-refractivity contribution in [3.63, 3.8) is 0 Å². The minimum absolute atomic E-state index is 0.00532. The summed E-state index contributed by atoms with van der Waals surface area (Å²) in [7, 11) is 0. The second-order valence-electron chi connectivity index (χ2n) is 6.36. The highest BCUT2D eigenvalue weighted by molar-refractivity contribution is 6.32. The molecule has 0 radical (unpaired) electrons. The Kier molecular flexibility index (Phi) is 4.85. The van der Waals surface area contributed by atoms with Crippen LogP contribution in [0.5, 0.6) is 11.5 Å². The van der Waals surface area contributed by atoms with Gasteiger partial charge >= 0.3 is 0 Å². The number of rotatable bonds is 2. The third-order valence-corrected chi connectivity index (χ3v) is 5.06. The van der Waals surface area contributed by atoms with Gasteiger partial charge in [0.25, 0.3) is 5.91 Å². The van der Waals surface area contributed by atoms with E-state index in [0.29, 0.717) is 13.0 Å². The van der Waals surface area contributed by atoms with E-state index < -0.39 is 11.9 Å². The first-order chi connectivity index (χ1) is 11.5. The van der Waals surface area contributed by atoms with E-state index in [1.807, 2.05) is 4.90 Å². The molecule has 1 atom stereocenters. The van der Waals surface area contributed by atoms with E-state index in [1.54, 1.807) is 0 Å². The van der Waals surface area contributed by atoms with Crippen LogP contribution in [0.1, 0.15) is 42.5 Å². The molecule has 130 valence electrons. The number of benzene rings is 1. The minimum Gasteiger partial charge on any atom is -0.507 e. The molecule has 0 unspecified atom stereocenters. The van der Waals surface area contributed by atoms with Crippen LogP contribution in [0.25, 0.3) is 0 Å². The summed E-state index contributed by atoms with van der Waals surface area (Å²) in [6, 6.07) is 1.81. The molecular formula is C17H21ClN2O4. The summed E-state index contributed by atoms with van der Waals surface area (Å²) < 4.78 is 0. The number of phenolic OH excluding ortho intramolecular Hbond substituents is 2. The number of likely N-dealkylation sites (tertiary alicyclic amines) is 2. The average Bonchev–Trinajstić information content (AvgIpc) is 3.07. The van der Waals surface area contributed by atoms with Gasteiger partial charge in [-0.15, -0.1) is 0 Å². The van der Waals surface area contributed by atoms with Gasteiger partial charge in [-0.05, 0) is 38.2 Å². The Morgan fingerprint density at radius 2 is 1.71 bits per heavy atom. The summed E-state index contributed by atoms with van der Waals surface area (Å²) in [4.78, 5) is 28.9. The van der Waals surface area contributed by atoms with E-state index >= 15 is 0 Å². The molecule has 24 heavy (non-hydrogen) atoms. The molecule has 2 saturated heterocycles. The van der Waals surface area contributed by atoms with Gasteiger partial charge in [-0.2, -0.15) is 0 Å². The fourth-order valence-electron chi connectivity index (χ4n) is 3.47. The molecule has 2 N–H and O–H groups in total. The van der Waals surface area contributed by atoms with Crippen molar-refractivity contribution in [3.8, 4) is 11.5 Å². The number of amides is 2. The highest BCUT2D eigenvalue weighted by atomic mass is 35.5. The molecule has 2 heterocycles. The smallest absolute Gasteiger partial charge is 0.258 e. The van der Waals surface area contributed by atoms with Crippen molar-refractivity contribution in [2.75, 3.05) is 19.6 Å². The quantitative estimate of drug-likeness (QED) is 0.856. The van der Waals surface area contributed by atoms with Crippen molar-refractivity contribution in [1.82, 2.24) is 9.80 Å². The lowest BCUT2D eigenvalue weighted by molar-refractivity contribution is -0.136. The van der Waals surface area contributed by atoms with Gasteiger partial charge in [0.15, 0.2) is 0 Å². The van der Waals surface area contributed by atoms with Crippen LogP contribution in [0.2, 0.25) is 5.02 Å². The number of phenols is 2. The molecule has 0 bridgehead atoms. The van der Waals surface area contributed by atoms with E-state index in [2.05, 4.69) is 0 Å². The van der Waals surface area contributed by atoms with Crippen LogP contribution in [0, 0.1) is 0 Å². The van der Waals surface area contributed by atoms with Crippen molar-refractivity contribution in [2.24, 2.45) is 0 Å². The van der Waals surface area contributed by atoms with Crippen molar-refractivity contribution < 1.29 is 19.8 Å². The van der Waals surface area contributed by atoms with Crippen molar-refractivity contribution in [1.29, 1.82) is 0 Å². The number of aromatic hydroxyl groups is 2. The summed E-state index contributed by atoms with van der Waals surface area (Å²) in [5, 5.41) is 19.5. The number of halogens is 1. The standard InChI is InChI=1S/C17H21ClN2O4/c18-12-9-11(14(21)10-15(12)22)16(23)20-8-4-5-13(20)17(24)19-6-2-1-3-7-19/h9-10,13,21-22H,1-8H2/t13-/m1/s1.